The largest absolute Gasteiger partial charge is 0.308 e. The molecule has 0 amide bonds. The summed E-state index contributed by atoms with van der Waals surface area (Å²) in [5, 5.41) is 0.779. The summed E-state index contributed by atoms with van der Waals surface area (Å²) in [5.74, 6) is 5.64. The lowest BCUT2D eigenvalue weighted by Crippen LogP contribution is -2.10. The van der Waals surface area contributed by atoms with E-state index in [-0.39, 0.29) is 5.82 Å². The molecule has 0 atom stereocenters. The Morgan fingerprint density at radius 1 is 1.36 bits per heavy atom. The van der Waals surface area contributed by atoms with Gasteiger partial charge in [-0.3, -0.25) is 0 Å². The van der Waals surface area contributed by atoms with Crippen LogP contribution < -0.4 is 11.3 Å². The van der Waals surface area contributed by atoms with Gasteiger partial charge in [-0.1, -0.05) is 0 Å². The zero-order valence-electron chi connectivity index (χ0n) is 7.71. The van der Waals surface area contributed by atoms with Crippen LogP contribution in [0.15, 0.2) is 24.3 Å². The number of aromatic nitrogens is 1. The number of hydrazine groups is 1. The van der Waals surface area contributed by atoms with Crippen molar-refractivity contribution in [2.75, 3.05) is 5.43 Å². The van der Waals surface area contributed by atoms with E-state index in [0.29, 0.717) is 5.82 Å². The third-order valence-corrected chi connectivity index (χ3v) is 2.10. The normalized spacial score (nSPS) is 10.5. The van der Waals surface area contributed by atoms with Crippen LogP contribution in [0.1, 0.15) is 5.56 Å². The Morgan fingerprint density at radius 2 is 2.14 bits per heavy atom. The first-order valence-corrected chi connectivity index (χ1v) is 4.24. The molecule has 3 nitrogen and oxygen atoms in total. The lowest BCUT2D eigenvalue weighted by Gasteiger charge is -2.05. The van der Waals surface area contributed by atoms with Gasteiger partial charge in [-0.05, 0) is 36.8 Å². The maximum absolute atomic E-state index is 12.9. The summed E-state index contributed by atoms with van der Waals surface area (Å²) in [4.78, 5) is 4.23. The number of nitrogens with zero attached hydrogens (tertiary/aromatic N) is 1. The Bertz CT molecular complexity index is 482. The number of benzene rings is 1. The summed E-state index contributed by atoms with van der Waals surface area (Å²) in [6.45, 7) is 1.87. The topological polar surface area (TPSA) is 50.9 Å². The van der Waals surface area contributed by atoms with Gasteiger partial charge in [0.1, 0.15) is 11.6 Å². The van der Waals surface area contributed by atoms with E-state index in [0.717, 1.165) is 16.5 Å². The molecule has 0 saturated carbocycles. The van der Waals surface area contributed by atoms with Crippen molar-refractivity contribution in [3.05, 3.63) is 35.6 Å². The van der Waals surface area contributed by atoms with Crippen molar-refractivity contribution in [3.8, 4) is 0 Å². The highest BCUT2D eigenvalue weighted by molar-refractivity contribution is 5.81. The van der Waals surface area contributed by atoms with Gasteiger partial charge < -0.3 is 5.43 Å². The van der Waals surface area contributed by atoms with Crippen LogP contribution in [0.25, 0.3) is 10.9 Å². The molecule has 2 aromatic rings. The molecule has 0 unspecified atom stereocenters. The molecule has 1 aromatic heterocycles. The van der Waals surface area contributed by atoms with Crippen LogP contribution in [0, 0.1) is 12.7 Å². The Labute approximate surface area is 80.7 Å². The van der Waals surface area contributed by atoms with E-state index >= 15 is 0 Å². The number of fused-ring (bicyclic) bond motifs is 1. The first-order valence-electron chi connectivity index (χ1n) is 4.24. The molecule has 14 heavy (non-hydrogen) atoms. The quantitative estimate of drug-likeness (QED) is 0.535. The molecule has 0 fully saturated rings. The third-order valence-electron chi connectivity index (χ3n) is 2.10. The van der Waals surface area contributed by atoms with Crippen molar-refractivity contribution in [2.24, 2.45) is 5.84 Å². The Kier molecular flexibility index (Phi) is 2.05. The molecule has 0 aliphatic carbocycles. The van der Waals surface area contributed by atoms with E-state index < -0.39 is 0 Å². The second-order valence-corrected chi connectivity index (χ2v) is 3.14. The van der Waals surface area contributed by atoms with Gasteiger partial charge in [-0.15, -0.1) is 0 Å². The fourth-order valence-electron chi connectivity index (χ4n) is 1.40. The molecule has 0 saturated heterocycles. The number of pyridine rings is 1. The lowest BCUT2D eigenvalue weighted by atomic mass is 10.1. The SMILES string of the molecule is Cc1cc2cc(F)ccc2nc1NN. The fourth-order valence-corrected chi connectivity index (χ4v) is 1.40. The minimum Gasteiger partial charge on any atom is -0.308 e. The van der Waals surface area contributed by atoms with Gasteiger partial charge in [-0.25, -0.2) is 15.2 Å². The Morgan fingerprint density at radius 3 is 2.86 bits per heavy atom. The minimum absolute atomic E-state index is 0.257. The summed E-state index contributed by atoms with van der Waals surface area (Å²) >= 11 is 0. The fraction of sp³-hybridized carbons (Fsp3) is 0.100. The average Bonchev–Trinajstić information content (AvgIpc) is 2.16. The molecule has 72 valence electrons. The van der Waals surface area contributed by atoms with Crippen LogP contribution in [0.2, 0.25) is 0 Å². The predicted octanol–water partition coefficient (Wildman–Crippen LogP) is 1.97. The molecule has 0 aliphatic rings. The van der Waals surface area contributed by atoms with Crippen LogP contribution in [0.5, 0.6) is 0 Å². The second kappa shape index (κ2) is 3.23. The summed E-state index contributed by atoms with van der Waals surface area (Å²) in [6, 6.07) is 6.31. The maximum Gasteiger partial charge on any atom is 0.143 e. The van der Waals surface area contributed by atoms with Crippen molar-refractivity contribution >= 4 is 16.7 Å². The number of nitrogen functional groups attached to an aromatic ring is 1. The number of halogens is 1. The van der Waals surface area contributed by atoms with Crippen molar-refractivity contribution in [1.29, 1.82) is 0 Å². The summed E-state index contributed by atoms with van der Waals surface area (Å²) in [5.41, 5.74) is 4.12. The highest BCUT2D eigenvalue weighted by atomic mass is 19.1. The highest BCUT2D eigenvalue weighted by Crippen LogP contribution is 2.19. The van der Waals surface area contributed by atoms with E-state index in [9.17, 15) is 4.39 Å². The van der Waals surface area contributed by atoms with E-state index in [1.54, 1.807) is 6.07 Å². The molecule has 0 bridgehead atoms. The van der Waals surface area contributed by atoms with Gasteiger partial charge >= 0.3 is 0 Å². The zero-order valence-corrected chi connectivity index (χ0v) is 7.71. The number of hydrogen-bond acceptors (Lipinski definition) is 3. The Balaban J connectivity index is 2.73. The van der Waals surface area contributed by atoms with Gasteiger partial charge in [-0.2, -0.15) is 0 Å². The van der Waals surface area contributed by atoms with E-state index in [2.05, 4.69) is 10.4 Å². The van der Waals surface area contributed by atoms with Crippen LogP contribution in [0.3, 0.4) is 0 Å². The van der Waals surface area contributed by atoms with E-state index in [1.165, 1.54) is 12.1 Å². The molecular weight excluding hydrogens is 181 g/mol. The van der Waals surface area contributed by atoms with Gasteiger partial charge in [0.25, 0.3) is 0 Å². The van der Waals surface area contributed by atoms with Crippen LogP contribution in [-0.4, -0.2) is 4.98 Å². The molecule has 1 heterocycles. The molecule has 1 aromatic carbocycles. The van der Waals surface area contributed by atoms with Crippen molar-refractivity contribution in [3.63, 3.8) is 0 Å². The van der Waals surface area contributed by atoms with Gasteiger partial charge in [0.15, 0.2) is 0 Å². The number of rotatable bonds is 1. The lowest BCUT2D eigenvalue weighted by molar-refractivity contribution is 0.629. The standard InChI is InChI=1S/C10H10FN3/c1-6-4-7-5-8(11)2-3-9(7)13-10(6)14-12/h2-5H,12H2,1H3,(H,13,14). The zero-order chi connectivity index (χ0) is 10.1. The molecule has 0 spiro atoms. The summed E-state index contributed by atoms with van der Waals surface area (Å²) in [7, 11) is 0. The van der Waals surface area contributed by atoms with Crippen molar-refractivity contribution in [1.82, 2.24) is 4.98 Å². The number of nitrogens with two attached hydrogens (primary N) is 1. The average molecular weight is 191 g/mol. The van der Waals surface area contributed by atoms with Gasteiger partial charge in [0, 0.05) is 5.39 Å². The summed E-state index contributed by atoms with van der Waals surface area (Å²) in [6.07, 6.45) is 0. The highest BCUT2D eigenvalue weighted by Gasteiger charge is 2.02. The summed E-state index contributed by atoms with van der Waals surface area (Å²) < 4.78 is 12.9. The van der Waals surface area contributed by atoms with E-state index in [4.69, 9.17) is 5.84 Å². The maximum atomic E-state index is 12.9. The van der Waals surface area contributed by atoms with Crippen molar-refractivity contribution < 1.29 is 4.39 Å². The number of anilines is 1. The number of aryl methyl sites for hydroxylation is 1. The number of hydrogen-bond donors (Lipinski definition) is 2. The molecule has 4 heteroatoms. The minimum atomic E-state index is -0.257. The van der Waals surface area contributed by atoms with Crippen LogP contribution >= 0.6 is 0 Å². The molecule has 0 aliphatic heterocycles. The third kappa shape index (κ3) is 1.40. The van der Waals surface area contributed by atoms with Gasteiger partial charge in [0.2, 0.25) is 0 Å². The second-order valence-electron chi connectivity index (χ2n) is 3.14. The predicted molar refractivity (Wildman–Crippen MR) is 54.2 cm³/mol. The first kappa shape index (κ1) is 8.90. The van der Waals surface area contributed by atoms with Crippen LogP contribution in [0.4, 0.5) is 10.2 Å². The molecular formula is C10H10FN3. The number of nitrogens with one attached hydrogen (secondary N) is 1. The van der Waals surface area contributed by atoms with Crippen LogP contribution in [-0.2, 0) is 0 Å². The molecule has 3 N–H and O–H groups in total. The van der Waals surface area contributed by atoms with Gasteiger partial charge in [0.05, 0.1) is 5.52 Å². The first-order chi connectivity index (χ1) is 6.70. The smallest absolute Gasteiger partial charge is 0.143 e. The molecule has 0 radical (unpaired) electrons. The van der Waals surface area contributed by atoms with Crippen molar-refractivity contribution in [2.45, 2.75) is 6.92 Å². The molecule has 2 rings (SSSR count). The van der Waals surface area contributed by atoms with E-state index in [1.807, 2.05) is 13.0 Å². The monoisotopic (exact) mass is 191 g/mol. The Hall–Kier alpha value is -1.68.